The van der Waals surface area contributed by atoms with Crippen LogP contribution in [0.3, 0.4) is 0 Å². The molecule has 0 aliphatic carbocycles. The molecule has 1 saturated heterocycles. The average molecular weight is 250 g/mol. The lowest BCUT2D eigenvalue weighted by molar-refractivity contribution is 0.199. The zero-order chi connectivity index (χ0) is 12.2. The van der Waals surface area contributed by atoms with Crippen molar-refractivity contribution < 1.29 is 13.2 Å². The molecule has 1 heterocycles. The summed E-state index contributed by atoms with van der Waals surface area (Å²) in [6, 6.07) is 0.0687. The van der Waals surface area contributed by atoms with Crippen LogP contribution in [0.1, 0.15) is 19.8 Å². The summed E-state index contributed by atoms with van der Waals surface area (Å²) in [6.45, 7) is 3.62. The highest BCUT2D eigenvalue weighted by atomic mass is 32.2. The molecular weight excluding hydrogens is 228 g/mol. The Hall–Kier alpha value is -0.170. The van der Waals surface area contributed by atoms with Crippen molar-refractivity contribution in [2.75, 3.05) is 32.6 Å². The molecule has 0 aromatic rings. The summed E-state index contributed by atoms with van der Waals surface area (Å²) >= 11 is 0. The molecule has 0 amide bonds. The molecule has 0 bridgehead atoms. The van der Waals surface area contributed by atoms with Crippen molar-refractivity contribution >= 4 is 10.0 Å². The zero-order valence-corrected chi connectivity index (χ0v) is 10.9. The van der Waals surface area contributed by atoms with Crippen LogP contribution in [-0.2, 0) is 14.8 Å². The Balaban J connectivity index is 2.45. The molecule has 1 aliphatic heterocycles. The number of sulfonamides is 1. The SMILES string of the molecule is COCCCS(=O)(=O)N1CCC(C(C)N)C1. The Morgan fingerprint density at radius 1 is 1.56 bits per heavy atom. The highest BCUT2D eigenvalue weighted by Crippen LogP contribution is 2.21. The largest absolute Gasteiger partial charge is 0.385 e. The van der Waals surface area contributed by atoms with E-state index in [1.54, 1.807) is 11.4 Å². The van der Waals surface area contributed by atoms with Gasteiger partial charge in [-0.3, -0.25) is 0 Å². The molecule has 5 nitrogen and oxygen atoms in total. The van der Waals surface area contributed by atoms with Gasteiger partial charge < -0.3 is 10.5 Å². The minimum absolute atomic E-state index is 0.0687. The number of hydrogen-bond acceptors (Lipinski definition) is 4. The highest BCUT2D eigenvalue weighted by Gasteiger charge is 2.32. The predicted octanol–water partition coefficient (Wildman–Crippen LogP) is 0.0218. The molecule has 0 spiro atoms. The van der Waals surface area contributed by atoms with Crippen LogP contribution in [0.4, 0.5) is 0 Å². The van der Waals surface area contributed by atoms with Crippen molar-refractivity contribution in [1.29, 1.82) is 0 Å². The molecule has 2 unspecified atom stereocenters. The molecule has 0 aromatic heterocycles. The van der Waals surface area contributed by atoms with E-state index in [4.69, 9.17) is 10.5 Å². The third kappa shape index (κ3) is 3.69. The van der Waals surface area contributed by atoms with Crippen LogP contribution in [0, 0.1) is 5.92 Å². The van der Waals surface area contributed by atoms with Gasteiger partial charge in [0.15, 0.2) is 0 Å². The minimum atomic E-state index is -3.10. The fourth-order valence-electron chi connectivity index (χ4n) is 1.95. The second kappa shape index (κ2) is 5.95. The minimum Gasteiger partial charge on any atom is -0.385 e. The molecule has 0 saturated carbocycles. The van der Waals surface area contributed by atoms with Gasteiger partial charge in [-0.15, -0.1) is 0 Å². The van der Waals surface area contributed by atoms with Gasteiger partial charge in [0.2, 0.25) is 10.0 Å². The third-order valence-corrected chi connectivity index (χ3v) is 5.00. The molecule has 1 rings (SSSR count). The molecule has 1 fully saturated rings. The van der Waals surface area contributed by atoms with E-state index in [1.807, 2.05) is 6.92 Å². The molecule has 2 atom stereocenters. The number of ether oxygens (including phenoxy) is 1. The van der Waals surface area contributed by atoms with E-state index in [2.05, 4.69) is 0 Å². The first kappa shape index (κ1) is 13.9. The Morgan fingerprint density at radius 3 is 2.75 bits per heavy atom. The maximum absolute atomic E-state index is 11.9. The molecule has 6 heteroatoms. The van der Waals surface area contributed by atoms with E-state index in [1.165, 1.54) is 0 Å². The van der Waals surface area contributed by atoms with Crippen LogP contribution in [0.15, 0.2) is 0 Å². The second-order valence-corrected chi connectivity index (χ2v) is 6.52. The Bertz CT molecular complexity index is 303. The Labute approximate surface area is 98.0 Å². The normalized spacial score (nSPS) is 24.8. The number of nitrogens with zero attached hydrogens (tertiary/aromatic N) is 1. The van der Waals surface area contributed by atoms with E-state index in [0.29, 0.717) is 32.0 Å². The first-order valence-electron chi connectivity index (χ1n) is 5.69. The van der Waals surface area contributed by atoms with Gasteiger partial charge in [-0.05, 0) is 25.7 Å². The van der Waals surface area contributed by atoms with E-state index < -0.39 is 10.0 Å². The summed E-state index contributed by atoms with van der Waals surface area (Å²) in [6.07, 6.45) is 1.43. The predicted molar refractivity (Wildman–Crippen MR) is 63.6 cm³/mol. The molecule has 0 radical (unpaired) electrons. The maximum atomic E-state index is 11.9. The van der Waals surface area contributed by atoms with Crippen LogP contribution in [0.2, 0.25) is 0 Å². The maximum Gasteiger partial charge on any atom is 0.214 e. The fourth-order valence-corrected chi connectivity index (χ4v) is 3.49. The van der Waals surface area contributed by atoms with Crippen LogP contribution < -0.4 is 5.73 Å². The van der Waals surface area contributed by atoms with Crippen LogP contribution in [0.25, 0.3) is 0 Å². The van der Waals surface area contributed by atoms with Gasteiger partial charge in [0, 0.05) is 32.8 Å². The lowest BCUT2D eigenvalue weighted by Gasteiger charge is -2.17. The number of nitrogens with two attached hydrogens (primary N) is 1. The van der Waals surface area contributed by atoms with Crippen molar-refractivity contribution in [3.63, 3.8) is 0 Å². The monoisotopic (exact) mass is 250 g/mol. The van der Waals surface area contributed by atoms with Crippen LogP contribution >= 0.6 is 0 Å². The van der Waals surface area contributed by atoms with Gasteiger partial charge in [-0.1, -0.05) is 0 Å². The molecule has 1 aliphatic rings. The Morgan fingerprint density at radius 2 is 2.25 bits per heavy atom. The van der Waals surface area contributed by atoms with E-state index in [0.717, 1.165) is 6.42 Å². The van der Waals surface area contributed by atoms with Gasteiger partial charge in [0.25, 0.3) is 0 Å². The third-order valence-electron chi connectivity index (χ3n) is 3.08. The van der Waals surface area contributed by atoms with E-state index in [-0.39, 0.29) is 11.8 Å². The molecule has 96 valence electrons. The summed E-state index contributed by atoms with van der Waals surface area (Å²) in [5.41, 5.74) is 5.78. The lowest BCUT2D eigenvalue weighted by Crippen LogP contribution is -2.34. The van der Waals surface area contributed by atoms with Crippen molar-refractivity contribution in [2.24, 2.45) is 11.7 Å². The van der Waals surface area contributed by atoms with Crippen molar-refractivity contribution in [1.82, 2.24) is 4.31 Å². The first-order valence-corrected chi connectivity index (χ1v) is 7.30. The fraction of sp³-hybridized carbons (Fsp3) is 1.00. The first-order chi connectivity index (χ1) is 7.47. The zero-order valence-electron chi connectivity index (χ0n) is 10.1. The molecule has 16 heavy (non-hydrogen) atoms. The standard InChI is InChI=1S/C10H22N2O3S/c1-9(11)10-4-5-12(8-10)16(13,14)7-3-6-15-2/h9-10H,3-8,11H2,1-2H3. The lowest BCUT2D eigenvalue weighted by atomic mass is 10.0. The smallest absolute Gasteiger partial charge is 0.214 e. The van der Waals surface area contributed by atoms with Gasteiger partial charge in [-0.2, -0.15) is 0 Å². The summed E-state index contributed by atoms with van der Waals surface area (Å²) in [5, 5.41) is 0. The summed E-state index contributed by atoms with van der Waals surface area (Å²) in [5.74, 6) is 0.476. The topological polar surface area (TPSA) is 72.6 Å². The molecule has 0 aromatic carbocycles. The van der Waals surface area contributed by atoms with Crippen molar-refractivity contribution in [3.8, 4) is 0 Å². The highest BCUT2D eigenvalue weighted by molar-refractivity contribution is 7.89. The summed E-state index contributed by atoms with van der Waals surface area (Å²) < 4.78 is 30.2. The summed E-state index contributed by atoms with van der Waals surface area (Å²) in [4.78, 5) is 0. The molecular formula is C10H22N2O3S. The van der Waals surface area contributed by atoms with Crippen LogP contribution in [-0.4, -0.2) is 51.3 Å². The van der Waals surface area contributed by atoms with Gasteiger partial charge >= 0.3 is 0 Å². The average Bonchev–Trinajstić information content (AvgIpc) is 2.67. The Kier molecular flexibility index (Phi) is 5.17. The quantitative estimate of drug-likeness (QED) is 0.675. The van der Waals surface area contributed by atoms with Gasteiger partial charge in [0.05, 0.1) is 5.75 Å². The van der Waals surface area contributed by atoms with Crippen LogP contribution in [0.5, 0.6) is 0 Å². The van der Waals surface area contributed by atoms with E-state index in [9.17, 15) is 8.42 Å². The van der Waals surface area contributed by atoms with Crippen molar-refractivity contribution in [3.05, 3.63) is 0 Å². The van der Waals surface area contributed by atoms with E-state index >= 15 is 0 Å². The number of rotatable bonds is 6. The molecule has 2 N–H and O–H groups in total. The van der Waals surface area contributed by atoms with Gasteiger partial charge in [0.1, 0.15) is 0 Å². The number of methoxy groups -OCH3 is 1. The number of hydrogen-bond donors (Lipinski definition) is 1. The second-order valence-electron chi connectivity index (χ2n) is 4.43. The van der Waals surface area contributed by atoms with Crippen molar-refractivity contribution in [2.45, 2.75) is 25.8 Å². The van der Waals surface area contributed by atoms with Gasteiger partial charge in [-0.25, -0.2) is 12.7 Å². The summed E-state index contributed by atoms with van der Waals surface area (Å²) in [7, 11) is -1.52.